The van der Waals surface area contributed by atoms with Crippen molar-refractivity contribution in [2.45, 2.75) is 38.6 Å². The second-order valence-corrected chi connectivity index (χ2v) is 4.47. The van der Waals surface area contributed by atoms with Crippen molar-refractivity contribution in [3.05, 3.63) is 29.6 Å². The average molecular weight is 205 g/mol. The molecule has 1 aliphatic rings. The van der Waals surface area contributed by atoms with E-state index in [1.165, 1.54) is 30.4 Å². The van der Waals surface area contributed by atoms with Gasteiger partial charge in [0.15, 0.2) is 0 Å². The molecule has 0 spiro atoms. The molecular weight excluding hydrogens is 186 g/mol. The topological polar surface area (TPSA) is 50.9 Å². The van der Waals surface area contributed by atoms with Gasteiger partial charge in [-0.2, -0.15) is 0 Å². The van der Waals surface area contributed by atoms with Gasteiger partial charge in [-0.15, -0.1) is 0 Å². The molecule has 1 heterocycles. The summed E-state index contributed by atoms with van der Waals surface area (Å²) in [5.74, 6) is 6.56. The van der Waals surface area contributed by atoms with Gasteiger partial charge in [-0.25, -0.2) is 0 Å². The van der Waals surface area contributed by atoms with E-state index in [-0.39, 0.29) is 6.04 Å². The fourth-order valence-electron chi connectivity index (χ4n) is 1.98. The predicted octanol–water partition coefficient (Wildman–Crippen LogP) is 2.08. The van der Waals surface area contributed by atoms with Crippen molar-refractivity contribution in [3.63, 3.8) is 0 Å². The lowest BCUT2D eigenvalue weighted by Gasteiger charge is -2.17. The van der Waals surface area contributed by atoms with Crippen LogP contribution in [0.1, 0.15) is 42.9 Å². The maximum Gasteiger partial charge on any atom is 0.0477 e. The largest absolute Gasteiger partial charge is 0.271 e. The first-order valence-electron chi connectivity index (χ1n) is 5.68. The Labute approximate surface area is 91.1 Å². The molecule has 0 amide bonds. The van der Waals surface area contributed by atoms with E-state index in [1.807, 2.05) is 18.5 Å². The van der Waals surface area contributed by atoms with Crippen LogP contribution in [0, 0.1) is 12.8 Å². The molecule has 3 heteroatoms. The molecule has 1 atom stereocenters. The molecule has 0 aliphatic heterocycles. The van der Waals surface area contributed by atoms with Crippen LogP contribution in [0.25, 0.3) is 0 Å². The van der Waals surface area contributed by atoms with Crippen LogP contribution in [0.4, 0.5) is 0 Å². The molecule has 1 aromatic rings. The Morgan fingerprint density at radius 1 is 1.60 bits per heavy atom. The molecule has 0 radical (unpaired) electrons. The summed E-state index contributed by atoms with van der Waals surface area (Å²) < 4.78 is 0. The lowest BCUT2D eigenvalue weighted by molar-refractivity contribution is 0.479. The van der Waals surface area contributed by atoms with Gasteiger partial charge in [-0.3, -0.25) is 16.3 Å². The summed E-state index contributed by atoms with van der Waals surface area (Å²) in [6.07, 6.45) is 8.96. The molecule has 0 saturated heterocycles. The lowest BCUT2D eigenvalue weighted by Crippen LogP contribution is -2.28. The molecule has 1 aromatic heterocycles. The van der Waals surface area contributed by atoms with Gasteiger partial charge in [0.05, 0.1) is 0 Å². The van der Waals surface area contributed by atoms with Gasteiger partial charge in [0, 0.05) is 18.4 Å². The first-order valence-corrected chi connectivity index (χ1v) is 5.68. The number of nitrogens with one attached hydrogen (secondary N) is 1. The van der Waals surface area contributed by atoms with E-state index in [0.29, 0.717) is 0 Å². The van der Waals surface area contributed by atoms with Crippen LogP contribution in [0.2, 0.25) is 0 Å². The molecule has 2 rings (SSSR count). The van der Waals surface area contributed by atoms with Crippen molar-refractivity contribution < 1.29 is 0 Å². The molecule has 1 saturated carbocycles. The maximum absolute atomic E-state index is 5.60. The third-order valence-electron chi connectivity index (χ3n) is 3.22. The molecule has 0 aromatic carbocycles. The maximum atomic E-state index is 5.60. The van der Waals surface area contributed by atoms with Gasteiger partial charge in [-0.05, 0) is 42.9 Å². The van der Waals surface area contributed by atoms with E-state index in [4.69, 9.17) is 5.84 Å². The normalized spacial score (nSPS) is 17.7. The van der Waals surface area contributed by atoms with Gasteiger partial charge in [-0.1, -0.05) is 12.8 Å². The summed E-state index contributed by atoms with van der Waals surface area (Å²) >= 11 is 0. The zero-order valence-corrected chi connectivity index (χ0v) is 9.24. The Kier molecular flexibility index (Phi) is 3.34. The van der Waals surface area contributed by atoms with Crippen LogP contribution < -0.4 is 11.3 Å². The molecule has 3 N–H and O–H groups in total. The standard InChI is InChI=1S/C12H19N3/c1-9-6-7-14-8-11(9)12(15-13)5-4-10-2-3-10/h6-8,10,12,15H,2-5,13H2,1H3. The number of hydrazine groups is 1. The minimum absolute atomic E-state index is 0.263. The zero-order valence-electron chi connectivity index (χ0n) is 9.24. The van der Waals surface area contributed by atoms with Crippen molar-refractivity contribution in [2.75, 3.05) is 0 Å². The van der Waals surface area contributed by atoms with Crippen LogP contribution in [-0.4, -0.2) is 4.98 Å². The minimum atomic E-state index is 0.263. The molecule has 0 bridgehead atoms. The highest BCUT2D eigenvalue weighted by atomic mass is 15.2. The number of aryl methyl sites for hydroxylation is 1. The van der Waals surface area contributed by atoms with E-state index in [1.54, 1.807) is 0 Å². The van der Waals surface area contributed by atoms with Crippen LogP contribution >= 0.6 is 0 Å². The van der Waals surface area contributed by atoms with Crippen molar-refractivity contribution in [1.29, 1.82) is 0 Å². The second-order valence-electron chi connectivity index (χ2n) is 4.47. The highest BCUT2D eigenvalue weighted by Gasteiger charge is 2.23. The van der Waals surface area contributed by atoms with Gasteiger partial charge in [0.1, 0.15) is 0 Å². The summed E-state index contributed by atoms with van der Waals surface area (Å²) in [6.45, 7) is 2.11. The summed E-state index contributed by atoms with van der Waals surface area (Å²) in [7, 11) is 0. The first-order chi connectivity index (χ1) is 7.31. The van der Waals surface area contributed by atoms with Gasteiger partial charge in [0.2, 0.25) is 0 Å². The van der Waals surface area contributed by atoms with Crippen LogP contribution in [0.3, 0.4) is 0 Å². The number of rotatable bonds is 5. The fourth-order valence-corrected chi connectivity index (χ4v) is 1.98. The quantitative estimate of drug-likeness (QED) is 0.571. The van der Waals surface area contributed by atoms with Gasteiger partial charge >= 0.3 is 0 Å². The third kappa shape index (κ3) is 2.76. The SMILES string of the molecule is Cc1ccncc1C(CCC1CC1)NN. The highest BCUT2D eigenvalue weighted by molar-refractivity contribution is 5.24. The fraction of sp³-hybridized carbons (Fsp3) is 0.583. The summed E-state index contributed by atoms with van der Waals surface area (Å²) in [5, 5.41) is 0. The highest BCUT2D eigenvalue weighted by Crippen LogP contribution is 2.35. The number of hydrogen-bond donors (Lipinski definition) is 2. The van der Waals surface area contributed by atoms with Gasteiger partial charge in [0.25, 0.3) is 0 Å². The van der Waals surface area contributed by atoms with E-state index >= 15 is 0 Å². The van der Waals surface area contributed by atoms with Crippen molar-refractivity contribution in [2.24, 2.45) is 11.8 Å². The first kappa shape index (κ1) is 10.6. The Morgan fingerprint density at radius 3 is 3.00 bits per heavy atom. The molecule has 1 aliphatic carbocycles. The van der Waals surface area contributed by atoms with E-state index in [9.17, 15) is 0 Å². The van der Waals surface area contributed by atoms with Crippen LogP contribution in [0.15, 0.2) is 18.5 Å². The number of aromatic nitrogens is 1. The van der Waals surface area contributed by atoms with Crippen molar-refractivity contribution >= 4 is 0 Å². The lowest BCUT2D eigenvalue weighted by atomic mass is 9.99. The number of nitrogens with zero attached hydrogens (tertiary/aromatic N) is 1. The molecule has 1 fully saturated rings. The van der Waals surface area contributed by atoms with Gasteiger partial charge < -0.3 is 0 Å². The third-order valence-corrected chi connectivity index (χ3v) is 3.22. The van der Waals surface area contributed by atoms with E-state index in [0.717, 1.165) is 12.3 Å². The number of hydrogen-bond acceptors (Lipinski definition) is 3. The molecule has 3 nitrogen and oxygen atoms in total. The summed E-state index contributed by atoms with van der Waals surface area (Å²) in [4.78, 5) is 4.16. The van der Waals surface area contributed by atoms with E-state index < -0.39 is 0 Å². The van der Waals surface area contributed by atoms with Crippen molar-refractivity contribution in [1.82, 2.24) is 10.4 Å². The Balaban J connectivity index is 2.00. The minimum Gasteiger partial charge on any atom is -0.271 e. The summed E-state index contributed by atoms with van der Waals surface area (Å²) in [6, 6.07) is 2.30. The van der Waals surface area contributed by atoms with Crippen molar-refractivity contribution in [3.8, 4) is 0 Å². The number of pyridine rings is 1. The Morgan fingerprint density at radius 2 is 2.40 bits per heavy atom. The zero-order chi connectivity index (χ0) is 10.7. The molecule has 1 unspecified atom stereocenters. The van der Waals surface area contributed by atoms with E-state index in [2.05, 4.69) is 17.3 Å². The van der Waals surface area contributed by atoms with Crippen LogP contribution in [0.5, 0.6) is 0 Å². The smallest absolute Gasteiger partial charge is 0.0477 e. The van der Waals surface area contributed by atoms with Crippen LogP contribution in [-0.2, 0) is 0 Å². The molecule has 15 heavy (non-hydrogen) atoms. The Bertz CT molecular complexity index is 320. The summed E-state index contributed by atoms with van der Waals surface area (Å²) in [5.41, 5.74) is 5.41. The average Bonchev–Trinajstić information content (AvgIpc) is 3.05. The molecular formula is C12H19N3. The molecule has 82 valence electrons. The predicted molar refractivity (Wildman–Crippen MR) is 61.0 cm³/mol. The Hall–Kier alpha value is -0.930. The monoisotopic (exact) mass is 205 g/mol. The second kappa shape index (κ2) is 4.73. The number of nitrogens with two attached hydrogens (primary N) is 1.